The van der Waals surface area contributed by atoms with Crippen LogP contribution in [0.4, 0.5) is 0 Å². The number of hydrogen-bond acceptors (Lipinski definition) is 2. The van der Waals surface area contributed by atoms with E-state index in [-0.39, 0.29) is 11.9 Å². The highest BCUT2D eigenvalue weighted by Crippen LogP contribution is 2.33. The van der Waals surface area contributed by atoms with Crippen LogP contribution < -0.4 is 10.1 Å². The lowest BCUT2D eigenvalue weighted by molar-refractivity contribution is 0.0927. The van der Waals surface area contributed by atoms with E-state index in [4.69, 9.17) is 16.3 Å². The van der Waals surface area contributed by atoms with Crippen LogP contribution in [0.2, 0.25) is 5.02 Å². The lowest BCUT2D eigenvalue weighted by Gasteiger charge is -2.22. The number of carbonyl (C=O) groups is 1. The molecular formula is C25H27ClN2O2. The van der Waals surface area contributed by atoms with E-state index in [0.717, 1.165) is 41.2 Å². The van der Waals surface area contributed by atoms with E-state index in [1.165, 1.54) is 19.3 Å². The second-order valence-electron chi connectivity index (χ2n) is 7.85. The predicted molar refractivity (Wildman–Crippen MR) is 122 cm³/mol. The highest BCUT2D eigenvalue weighted by atomic mass is 35.5. The van der Waals surface area contributed by atoms with E-state index >= 15 is 0 Å². The third-order valence-electron chi connectivity index (χ3n) is 5.91. The number of halogens is 1. The van der Waals surface area contributed by atoms with E-state index in [9.17, 15) is 4.79 Å². The molecule has 1 aliphatic carbocycles. The Morgan fingerprint density at radius 1 is 1.07 bits per heavy atom. The molecule has 0 spiro atoms. The fourth-order valence-electron chi connectivity index (χ4n) is 4.26. The quantitative estimate of drug-likeness (QED) is 0.533. The Hall–Kier alpha value is -2.72. The summed E-state index contributed by atoms with van der Waals surface area (Å²) in [6, 6.07) is 17.8. The number of nitrogens with one attached hydrogen (secondary N) is 1. The van der Waals surface area contributed by atoms with Crippen LogP contribution in [-0.4, -0.2) is 23.6 Å². The van der Waals surface area contributed by atoms with Gasteiger partial charge >= 0.3 is 0 Å². The van der Waals surface area contributed by atoms with Crippen LogP contribution in [-0.2, 0) is 0 Å². The first-order valence-corrected chi connectivity index (χ1v) is 10.9. The molecule has 4 rings (SSSR count). The number of carbonyl (C=O) groups excluding carboxylic acids is 1. The molecule has 1 N–H and O–H groups in total. The minimum Gasteiger partial charge on any atom is -0.497 e. The second-order valence-corrected chi connectivity index (χ2v) is 8.26. The monoisotopic (exact) mass is 422 g/mol. The molecule has 0 unspecified atom stereocenters. The standard InChI is InChI=1S/C25H27ClN2O2/c1-17-21(25(29)27-19-8-4-3-5-9-19)16-24(18-12-14-20(30-2)15-13-18)28(17)23-11-7-6-10-22(23)26/h6-7,10-16,19H,3-5,8-9H2,1-2H3,(H,27,29). The van der Waals surface area contributed by atoms with Gasteiger partial charge < -0.3 is 14.6 Å². The molecule has 0 bridgehead atoms. The van der Waals surface area contributed by atoms with Gasteiger partial charge in [-0.3, -0.25) is 4.79 Å². The molecule has 1 saturated carbocycles. The lowest BCUT2D eigenvalue weighted by atomic mass is 9.95. The average Bonchev–Trinajstić information content (AvgIpc) is 3.12. The van der Waals surface area contributed by atoms with Gasteiger partial charge in [0.05, 0.1) is 29.1 Å². The minimum atomic E-state index is -0.0139. The number of benzene rings is 2. The Bertz CT molecular complexity index is 1030. The zero-order valence-corrected chi connectivity index (χ0v) is 18.2. The molecule has 0 atom stereocenters. The molecule has 1 fully saturated rings. The van der Waals surface area contributed by atoms with Crippen molar-refractivity contribution in [2.24, 2.45) is 0 Å². The number of ether oxygens (including phenoxy) is 1. The first-order valence-electron chi connectivity index (χ1n) is 10.5. The van der Waals surface area contributed by atoms with Gasteiger partial charge in [-0.15, -0.1) is 0 Å². The smallest absolute Gasteiger partial charge is 0.253 e. The van der Waals surface area contributed by atoms with Crippen molar-refractivity contribution in [2.75, 3.05) is 7.11 Å². The van der Waals surface area contributed by atoms with E-state index in [1.54, 1.807) is 7.11 Å². The Morgan fingerprint density at radius 2 is 1.77 bits per heavy atom. The van der Waals surface area contributed by atoms with Gasteiger partial charge in [0.25, 0.3) is 5.91 Å². The van der Waals surface area contributed by atoms with Gasteiger partial charge in [-0.1, -0.05) is 43.0 Å². The van der Waals surface area contributed by atoms with E-state index in [1.807, 2.05) is 61.5 Å². The van der Waals surface area contributed by atoms with Gasteiger partial charge in [-0.05, 0) is 67.8 Å². The van der Waals surface area contributed by atoms with Crippen molar-refractivity contribution in [2.45, 2.75) is 45.1 Å². The van der Waals surface area contributed by atoms with Crippen LogP contribution in [0.15, 0.2) is 54.6 Å². The number of methoxy groups -OCH3 is 1. The first-order chi connectivity index (χ1) is 14.6. The fraction of sp³-hybridized carbons (Fsp3) is 0.320. The summed E-state index contributed by atoms with van der Waals surface area (Å²) in [5.41, 5.74) is 4.35. The van der Waals surface area contributed by atoms with Crippen molar-refractivity contribution in [1.82, 2.24) is 9.88 Å². The Morgan fingerprint density at radius 3 is 2.43 bits per heavy atom. The lowest BCUT2D eigenvalue weighted by Crippen LogP contribution is -2.36. The van der Waals surface area contributed by atoms with E-state index in [0.29, 0.717) is 10.6 Å². The molecule has 2 aromatic carbocycles. The summed E-state index contributed by atoms with van der Waals surface area (Å²) in [5, 5.41) is 3.89. The number of para-hydroxylation sites is 1. The molecule has 1 amide bonds. The van der Waals surface area contributed by atoms with Crippen molar-refractivity contribution >= 4 is 17.5 Å². The Balaban J connectivity index is 1.78. The molecule has 1 heterocycles. The third-order valence-corrected chi connectivity index (χ3v) is 6.23. The Kier molecular flexibility index (Phi) is 6.14. The number of nitrogens with zero attached hydrogens (tertiary/aromatic N) is 1. The number of amides is 1. The normalized spacial score (nSPS) is 14.5. The van der Waals surface area contributed by atoms with Gasteiger partial charge in [0.1, 0.15) is 5.75 Å². The topological polar surface area (TPSA) is 43.3 Å². The second kappa shape index (κ2) is 8.97. The van der Waals surface area contributed by atoms with Crippen molar-refractivity contribution < 1.29 is 9.53 Å². The first kappa shape index (κ1) is 20.5. The Labute approximate surface area is 182 Å². The zero-order valence-electron chi connectivity index (χ0n) is 17.5. The fourth-order valence-corrected chi connectivity index (χ4v) is 4.48. The molecule has 0 radical (unpaired) electrons. The van der Waals surface area contributed by atoms with Gasteiger partial charge in [0.15, 0.2) is 0 Å². The van der Waals surface area contributed by atoms with Crippen LogP contribution in [0, 0.1) is 6.92 Å². The third kappa shape index (κ3) is 4.10. The average molecular weight is 423 g/mol. The van der Waals surface area contributed by atoms with Gasteiger partial charge in [-0.25, -0.2) is 0 Å². The summed E-state index contributed by atoms with van der Waals surface area (Å²) < 4.78 is 7.37. The maximum Gasteiger partial charge on any atom is 0.253 e. The van der Waals surface area contributed by atoms with Crippen molar-refractivity contribution in [3.05, 3.63) is 70.9 Å². The molecule has 1 aromatic heterocycles. The van der Waals surface area contributed by atoms with E-state index in [2.05, 4.69) is 9.88 Å². The molecule has 5 heteroatoms. The molecular weight excluding hydrogens is 396 g/mol. The summed E-state index contributed by atoms with van der Waals surface area (Å²) in [4.78, 5) is 13.2. The molecule has 0 saturated heterocycles. The summed E-state index contributed by atoms with van der Waals surface area (Å²) >= 11 is 6.54. The van der Waals surface area contributed by atoms with Crippen molar-refractivity contribution in [3.8, 4) is 22.7 Å². The highest BCUT2D eigenvalue weighted by molar-refractivity contribution is 6.32. The van der Waals surface area contributed by atoms with Gasteiger partial charge in [-0.2, -0.15) is 0 Å². The molecule has 4 nitrogen and oxygen atoms in total. The minimum absolute atomic E-state index is 0.0139. The van der Waals surface area contributed by atoms with Crippen LogP contribution in [0.5, 0.6) is 5.75 Å². The number of hydrogen-bond donors (Lipinski definition) is 1. The predicted octanol–water partition coefficient (Wildman–Crippen LogP) is 6.18. The summed E-state index contributed by atoms with van der Waals surface area (Å²) in [6.45, 7) is 1.98. The van der Waals surface area contributed by atoms with E-state index < -0.39 is 0 Å². The number of rotatable bonds is 5. The largest absolute Gasteiger partial charge is 0.497 e. The van der Waals surface area contributed by atoms with Crippen LogP contribution in [0.3, 0.4) is 0 Å². The van der Waals surface area contributed by atoms with Crippen LogP contribution >= 0.6 is 11.6 Å². The number of aromatic nitrogens is 1. The van der Waals surface area contributed by atoms with Crippen LogP contribution in [0.1, 0.15) is 48.2 Å². The van der Waals surface area contributed by atoms with Crippen LogP contribution in [0.25, 0.3) is 16.9 Å². The maximum absolute atomic E-state index is 13.2. The molecule has 1 aliphatic rings. The molecule has 156 valence electrons. The molecule has 3 aromatic rings. The molecule has 30 heavy (non-hydrogen) atoms. The summed E-state index contributed by atoms with van der Waals surface area (Å²) in [6.07, 6.45) is 5.74. The van der Waals surface area contributed by atoms with Crippen molar-refractivity contribution in [1.29, 1.82) is 0 Å². The maximum atomic E-state index is 13.2. The van der Waals surface area contributed by atoms with Gasteiger partial charge in [0, 0.05) is 11.7 Å². The summed E-state index contributed by atoms with van der Waals surface area (Å²) in [5.74, 6) is 0.779. The SMILES string of the molecule is COc1ccc(-c2cc(C(=O)NC3CCCCC3)c(C)n2-c2ccccc2Cl)cc1. The molecule has 0 aliphatic heterocycles. The highest BCUT2D eigenvalue weighted by Gasteiger charge is 2.23. The summed E-state index contributed by atoms with van der Waals surface area (Å²) in [7, 11) is 1.65. The van der Waals surface area contributed by atoms with Gasteiger partial charge in [0.2, 0.25) is 0 Å². The van der Waals surface area contributed by atoms with Crippen molar-refractivity contribution in [3.63, 3.8) is 0 Å². The zero-order chi connectivity index (χ0) is 21.1.